The van der Waals surface area contributed by atoms with E-state index in [4.69, 9.17) is 19.3 Å². The maximum Gasteiger partial charge on any atom is 0.469 e. The average molecular weight is 793 g/mol. The number of rotatable bonds is 32. The molecule has 0 aromatic carbocycles. The van der Waals surface area contributed by atoms with Gasteiger partial charge in [-0.3, -0.25) is 18.9 Å². The van der Waals surface area contributed by atoms with Crippen LogP contribution in [0, 0.1) is 11.8 Å². The maximum absolute atomic E-state index is 12.5. The molecule has 5 atom stereocenters. The van der Waals surface area contributed by atoms with Crippen molar-refractivity contribution < 1.29 is 52.9 Å². The predicted octanol–water partition coefficient (Wildman–Crippen LogP) is 8.88. The molecule has 55 heavy (non-hydrogen) atoms. The Morgan fingerprint density at radius 3 is 1.91 bits per heavy atom. The van der Waals surface area contributed by atoms with Crippen LogP contribution in [0.2, 0.25) is 0 Å². The van der Waals surface area contributed by atoms with Crippen molar-refractivity contribution in [2.45, 2.75) is 154 Å². The summed E-state index contributed by atoms with van der Waals surface area (Å²) in [7, 11) is -4.85. The van der Waals surface area contributed by atoms with Gasteiger partial charge >= 0.3 is 19.8 Å². The van der Waals surface area contributed by atoms with Crippen molar-refractivity contribution in [3.8, 4) is 0 Å². The lowest BCUT2D eigenvalue weighted by Crippen LogP contribution is -2.29. The standard InChI is InChI=1S/C43H69O11P/c1-3-5-7-8-9-10-11-12-13-14-15-16-17-18-19-20-25-29-42(47)52-34-37(35-53-55(49,50)51)54-43(48)30-26-22-21-24-28-38-39(41(46)33-40(38)45)32-31-36(44)27-23-6-4-2/h9-10,12-13,15-16,18-19,21,24,31-32,36-39,41,44,46H,3-8,11,14,17,20,22-23,25-30,33-35H2,1-2H3,(H2,49,50,51)/b10-9-,13-12-,16-15-,19-18-,24-21-,32-31+/t36-,37+,38+,39+,41+/m0/s1. The number of phosphoric acid groups is 1. The molecule has 0 saturated heterocycles. The van der Waals surface area contributed by atoms with E-state index in [2.05, 4.69) is 54.8 Å². The van der Waals surface area contributed by atoms with Crippen LogP contribution in [0.5, 0.6) is 0 Å². The van der Waals surface area contributed by atoms with Gasteiger partial charge in [-0.05, 0) is 70.6 Å². The third kappa shape index (κ3) is 28.2. The second-order valence-electron chi connectivity index (χ2n) is 14.0. The van der Waals surface area contributed by atoms with Crippen molar-refractivity contribution in [3.63, 3.8) is 0 Å². The topological polar surface area (TPSA) is 177 Å². The molecule has 0 spiro atoms. The molecule has 0 unspecified atom stereocenters. The summed E-state index contributed by atoms with van der Waals surface area (Å²) in [6, 6.07) is 0. The number of carbonyl (C=O) groups is 3. The van der Waals surface area contributed by atoms with Crippen LogP contribution < -0.4 is 0 Å². The van der Waals surface area contributed by atoms with Gasteiger partial charge in [-0.15, -0.1) is 0 Å². The summed E-state index contributed by atoms with van der Waals surface area (Å²) >= 11 is 0. The van der Waals surface area contributed by atoms with Gasteiger partial charge in [0.1, 0.15) is 12.4 Å². The fourth-order valence-corrected chi connectivity index (χ4v) is 6.29. The van der Waals surface area contributed by atoms with Crippen LogP contribution in [0.25, 0.3) is 0 Å². The van der Waals surface area contributed by atoms with Crippen molar-refractivity contribution in [3.05, 3.63) is 72.9 Å². The first-order valence-corrected chi connectivity index (χ1v) is 21.9. The Kier molecular flexibility index (Phi) is 29.3. The first-order chi connectivity index (χ1) is 26.5. The molecule has 312 valence electrons. The number of aliphatic hydroxyl groups excluding tert-OH is 2. The molecule has 0 amide bonds. The Morgan fingerprint density at radius 1 is 0.764 bits per heavy atom. The summed E-state index contributed by atoms with van der Waals surface area (Å²) in [4.78, 5) is 55.5. The van der Waals surface area contributed by atoms with Gasteiger partial charge in [-0.2, -0.15) is 0 Å². The van der Waals surface area contributed by atoms with Crippen LogP contribution in [0.3, 0.4) is 0 Å². The van der Waals surface area contributed by atoms with Gasteiger partial charge < -0.3 is 29.5 Å². The molecule has 1 rings (SSSR count). The van der Waals surface area contributed by atoms with Crippen LogP contribution in [0.4, 0.5) is 0 Å². The number of Topliss-reactive ketones (excluding diaryl/α,β-unsaturated/α-hetero) is 1. The molecule has 1 aliphatic rings. The monoisotopic (exact) mass is 792 g/mol. The Labute approximate surface area is 329 Å². The van der Waals surface area contributed by atoms with Crippen molar-refractivity contribution in [1.29, 1.82) is 0 Å². The minimum atomic E-state index is -4.85. The Morgan fingerprint density at radius 2 is 1.31 bits per heavy atom. The zero-order valence-corrected chi connectivity index (χ0v) is 34.2. The fourth-order valence-electron chi connectivity index (χ4n) is 5.93. The van der Waals surface area contributed by atoms with E-state index in [1.165, 1.54) is 19.3 Å². The molecule has 0 aromatic rings. The number of unbranched alkanes of at least 4 members (excludes halogenated alkanes) is 7. The average Bonchev–Trinajstić information content (AvgIpc) is 3.41. The number of allylic oxidation sites excluding steroid dienone is 10. The van der Waals surface area contributed by atoms with Crippen molar-refractivity contribution in [2.24, 2.45) is 11.8 Å². The Hall–Kier alpha value is -2.92. The first-order valence-electron chi connectivity index (χ1n) is 20.3. The molecule has 0 aromatic heterocycles. The van der Waals surface area contributed by atoms with Crippen molar-refractivity contribution in [2.75, 3.05) is 13.2 Å². The van der Waals surface area contributed by atoms with E-state index < -0.39 is 51.3 Å². The molecule has 1 fully saturated rings. The molecular formula is C43H69O11P. The van der Waals surface area contributed by atoms with Crippen LogP contribution in [-0.2, 0) is 32.9 Å². The highest BCUT2D eigenvalue weighted by Gasteiger charge is 2.39. The molecule has 1 aliphatic carbocycles. The molecule has 1 saturated carbocycles. The fraction of sp³-hybridized carbons (Fsp3) is 0.651. The lowest BCUT2D eigenvalue weighted by molar-refractivity contribution is -0.161. The lowest BCUT2D eigenvalue weighted by atomic mass is 9.90. The third-order valence-corrected chi connectivity index (χ3v) is 9.55. The minimum Gasteiger partial charge on any atom is -0.462 e. The van der Waals surface area contributed by atoms with Gasteiger partial charge in [0, 0.05) is 31.1 Å². The molecule has 11 nitrogen and oxygen atoms in total. The maximum atomic E-state index is 12.5. The smallest absolute Gasteiger partial charge is 0.462 e. The van der Waals surface area contributed by atoms with E-state index in [0.717, 1.165) is 44.9 Å². The molecule has 0 heterocycles. The van der Waals surface area contributed by atoms with Gasteiger partial charge in [0.05, 0.1) is 18.8 Å². The number of hydrogen-bond donors (Lipinski definition) is 4. The molecule has 0 bridgehead atoms. The Balaban J connectivity index is 2.36. The van der Waals surface area contributed by atoms with Crippen molar-refractivity contribution in [1.82, 2.24) is 0 Å². The lowest BCUT2D eigenvalue weighted by Gasteiger charge is -2.18. The molecule has 4 N–H and O–H groups in total. The van der Waals surface area contributed by atoms with Gasteiger partial charge in [0.2, 0.25) is 0 Å². The zero-order valence-electron chi connectivity index (χ0n) is 33.3. The predicted molar refractivity (Wildman–Crippen MR) is 217 cm³/mol. The number of ketones is 1. The molecule has 12 heteroatoms. The SMILES string of the molecule is CCCCC/C=C\C/C=C\C/C=C\C/C=C\CCCC(=O)OC[C@H](COP(=O)(O)O)OC(=O)CCC/C=C\C[C@H]1C(=O)C[C@@H](O)[C@@H]1/C=C/[C@@H](O)CCCCC. The summed E-state index contributed by atoms with van der Waals surface area (Å²) in [5, 5.41) is 20.6. The number of carbonyl (C=O) groups excluding carboxylic acids is 3. The second-order valence-corrected chi connectivity index (χ2v) is 15.3. The number of aliphatic hydroxyl groups is 2. The van der Waals surface area contributed by atoms with Crippen LogP contribution in [0.1, 0.15) is 136 Å². The second kappa shape index (κ2) is 32.2. The van der Waals surface area contributed by atoms with Gasteiger partial charge in [0.15, 0.2) is 6.10 Å². The number of ether oxygens (including phenoxy) is 2. The van der Waals surface area contributed by atoms with E-state index in [0.29, 0.717) is 38.5 Å². The largest absolute Gasteiger partial charge is 0.469 e. The molecule has 0 radical (unpaired) electrons. The van der Waals surface area contributed by atoms with Crippen molar-refractivity contribution >= 4 is 25.5 Å². The van der Waals surface area contributed by atoms with Crippen LogP contribution >= 0.6 is 7.82 Å². The first kappa shape index (κ1) is 50.1. The summed E-state index contributed by atoms with van der Waals surface area (Å²) in [5.74, 6) is -1.92. The summed E-state index contributed by atoms with van der Waals surface area (Å²) in [6.07, 6.45) is 35.6. The highest BCUT2D eigenvalue weighted by molar-refractivity contribution is 7.46. The third-order valence-electron chi connectivity index (χ3n) is 9.07. The van der Waals surface area contributed by atoms with Gasteiger partial charge in [-0.1, -0.05) is 119 Å². The number of hydrogen-bond acceptors (Lipinski definition) is 9. The minimum absolute atomic E-state index is 0.00211. The quantitative estimate of drug-likeness (QED) is 0.0221. The van der Waals surface area contributed by atoms with Gasteiger partial charge in [0.25, 0.3) is 0 Å². The van der Waals surface area contributed by atoms with Gasteiger partial charge in [-0.25, -0.2) is 4.57 Å². The summed E-state index contributed by atoms with van der Waals surface area (Å²) in [5.41, 5.74) is 0. The highest BCUT2D eigenvalue weighted by atomic mass is 31.2. The Bertz CT molecular complexity index is 1280. The normalized spacial score (nSPS) is 19.3. The van der Waals surface area contributed by atoms with Crippen LogP contribution in [0.15, 0.2) is 72.9 Å². The zero-order chi connectivity index (χ0) is 40.6. The van der Waals surface area contributed by atoms with E-state index in [9.17, 15) is 29.2 Å². The number of phosphoric ester groups is 1. The highest BCUT2D eigenvalue weighted by Crippen LogP contribution is 2.36. The van der Waals surface area contributed by atoms with E-state index >= 15 is 0 Å². The summed E-state index contributed by atoms with van der Waals surface area (Å²) in [6.45, 7) is 3.26. The molecular weight excluding hydrogens is 723 g/mol. The molecule has 0 aliphatic heterocycles. The summed E-state index contributed by atoms with van der Waals surface area (Å²) < 4.78 is 26.3. The van der Waals surface area contributed by atoms with E-state index in [1.54, 1.807) is 12.2 Å². The van der Waals surface area contributed by atoms with E-state index in [-0.39, 0.29) is 36.9 Å². The van der Waals surface area contributed by atoms with E-state index in [1.807, 2.05) is 24.3 Å². The number of esters is 2. The van der Waals surface area contributed by atoms with Crippen LogP contribution in [-0.4, -0.2) is 69.2 Å².